The van der Waals surface area contributed by atoms with Crippen LogP contribution in [0, 0.1) is 5.92 Å². The van der Waals surface area contributed by atoms with Gasteiger partial charge in [0.05, 0.1) is 0 Å². The molecule has 0 aliphatic heterocycles. The van der Waals surface area contributed by atoms with E-state index in [1.807, 2.05) is 0 Å². The highest BCUT2D eigenvalue weighted by Crippen LogP contribution is 2.28. The highest BCUT2D eigenvalue weighted by Gasteiger charge is 2.17. The molecule has 2 heterocycles. The van der Waals surface area contributed by atoms with Crippen LogP contribution >= 0.6 is 34.5 Å². The van der Waals surface area contributed by atoms with E-state index in [0.29, 0.717) is 16.6 Å². The summed E-state index contributed by atoms with van der Waals surface area (Å²) in [6, 6.07) is 2.93. The van der Waals surface area contributed by atoms with E-state index in [4.69, 9.17) is 23.2 Å². The van der Waals surface area contributed by atoms with Gasteiger partial charge in [-0.1, -0.05) is 66.6 Å². The molecule has 1 aliphatic rings. The maximum absolute atomic E-state index is 12.2. The summed E-state index contributed by atoms with van der Waals surface area (Å²) in [5.41, 5.74) is 0.346. The van der Waals surface area contributed by atoms with Gasteiger partial charge in [0.15, 0.2) is 0 Å². The maximum Gasteiger partial charge on any atom is 0.257 e. The molecule has 1 N–H and O–H groups in total. The molecule has 5 nitrogen and oxygen atoms in total. The average Bonchev–Trinajstić information content (AvgIpc) is 2.94. The van der Waals surface area contributed by atoms with E-state index in [1.165, 1.54) is 55.6 Å². The number of halogens is 2. The molecule has 122 valence electrons. The van der Waals surface area contributed by atoms with Gasteiger partial charge in [-0.2, -0.15) is 0 Å². The number of amides is 1. The van der Waals surface area contributed by atoms with Crippen molar-refractivity contribution >= 4 is 45.6 Å². The van der Waals surface area contributed by atoms with Crippen LogP contribution in [0.3, 0.4) is 0 Å². The Morgan fingerprint density at radius 1 is 1.17 bits per heavy atom. The van der Waals surface area contributed by atoms with Crippen LogP contribution in [0.25, 0.3) is 0 Å². The number of aromatic nitrogens is 3. The standard InChI is InChI=1S/C15H16Cl2N4OS/c16-11-7-10(8-12(17)18-11)14(22)19-15-21-20-13(23-15)6-9-4-2-1-3-5-9/h7-9H,1-6H2,(H,19,21,22). The fourth-order valence-electron chi connectivity index (χ4n) is 2.79. The Balaban J connectivity index is 1.62. The monoisotopic (exact) mass is 370 g/mol. The van der Waals surface area contributed by atoms with Crippen molar-refractivity contribution in [3.63, 3.8) is 0 Å². The first-order chi connectivity index (χ1) is 11.1. The fraction of sp³-hybridized carbons (Fsp3) is 0.467. The summed E-state index contributed by atoms with van der Waals surface area (Å²) in [4.78, 5) is 16.0. The molecule has 0 spiro atoms. The van der Waals surface area contributed by atoms with Crippen LogP contribution in [0.4, 0.5) is 5.13 Å². The van der Waals surface area contributed by atoms with Crippen molar-refractivity contribution in [1.29, 1.82) is 0 Å². The molecule has 1 aliphatic carbocycles. The first kappa shape index (κ1) is 16.6. The maximum atomic E-state index is 12.2. The van der Waals surface area contributed by atoms with Gasteiger partial charge >= 0.3 is 0 Å². The topological polar surface area (TPSA) is 67.8 Å². The third-order valence-electron chi connectivity index (χ3n) is 3.90. The molecule has 1 amide bonds. The lowest BCUT2D eigenvalue weighted by Gasteiger charge is -2.19. The number of nitrogens with zero attached hydrogens (tertiary/aromatic N) is 3. The first-order valence-electron chi connectivity index (χ1n) is 7.57. The lowest BCUT2D eigenvalue weighted by Crippen LogP contribution is -2.12. The normalized spacial score (nSPS) is 15.6. The van der Waals surface area contributed by atoms with Crippen molar-refractivity contribution in [3.05, 3.63) is 33.0 Å². The van der Waals surface area contributed by atoms with Gasteiger partial charge < -0.3 is 0 Å². The lowest BCUT2D eigenvalue weighted by atomic mass is 9.87. The van der Waals surface area contributed by atoms with Gasteiger partial charge in [0.25, 0.3) is 5.91 Å². The molecule has 0 bridgehead atoms. The number of carbonyl (C=O) groups excluding carboxylic acids is 1. The molecule has 23 heavy (non-hydrogen) atoms. The zero-order valence-corrected chi connectivity index (χ0v) is 14.7. The molecular weight excluding hydrogens is 355 g/mol. The minimum Gasteiger partial charge on any atom is -0.296 e. The van der Waals surface area contributed by atoms with Gasteiger partial charge in [-0.25, -0.2) is 4.98 Å². The molecule has 0 unspecified atom stereocenters. The Bertz CT molecular complexity index is 680. The van der Waals surface area contributed by atoms with Gasteiger partial charge in [0.1, 0.15) is 15.3 Å². The second-order valence-electron chi connectivity index (χ2n) is 5.66. The van der Waals surface area contributed by atoms with Crippen LogP contribution in [0.5, 0.6) is 0 Å². The Morgan fingerprint density at radius 2 is 1.87 bits per heavy atom. The van der Waals surface area contributed by atoms with Crippen LogP contribution in [-0.2, 0) is 6.42 Å². The van der Waals surface area contributed by atoms with Gasteiger partial charge in [0.2, 0.25) is 5.13 Å². The largest absolute Gasteiger partial charge is 0.296 e. The lowest BCUT2D eigenvalue weighted by molar-refractivity contribution is 0.102. The number of hydrogen-bond donors (Lipinski definition) is 1. The smallest absolute Gasteiger partial charge is 0.257 e. The summed E-state index contributed by atoms with van der Waals surface area (Å²) in [7, 11) is 0. The molecule has 0 saturated heterocycles. The van der Waals surface area contributed by atoms with Gasteiger partial charge in [-0.05, 0) is 18.1 Å². The second-order valence-corrected chi connectivity index (χ2v) is 7.50. The number of rotatable bonds is 4. The number of carbonyl (C=O) groups is 1. The zero-order valence-electron chi connectivity index (χ0n) is 12.4. The number of nitrogens with one attached hydrogen (secondary N) is 1. The molecule has 0 aromatic carbocycles. The van der Waals surface area contributed by atoms with Crippen molar-refractivity contribution in [2.24, 2.45) is 5.92 Å². The third-order valence-corrected chi connectivity index (χ3v) is 5.15. The second kappa shape index (κ2) is 7.55. The molecule has 8 heteroatoms. The van der Waals surface area contributed by atoms with Crippen LogP contribution in [0.1, 0.15) is 47.5 Å². The zero-order chi connectivity index (χ0) is 16.2. The van der Waals surface area contributed by atoms with Gasteiger partial charge in [-0.15, -0.1) is 10.2 Å². The van der Waals surface area contributed by atoms with E-state index in [9.17, 15) is 4.79 Å². The Labute approximate surface area is 148 Å². The minimum atomic E-state index is -0.323. The fourth-order valence-corrected chi connectivity index (χ4v) is 4.10. The van der Waals surface area contributed by atoms with Gasteiger partial charge in [-0.3, -0.25) is 10.1 Å². The van der Waals surface area contributed by atoms with Crippen molar-refractivity contribution in [3.8, 4) is 0 Å². The molecule has 3 rings (SSSR count). The summed E-state index contributed by atoms with van der Waals surface area (Å²) in [5.74, 6) is 0.370. The van der Waals surface area contributed by atoms with Crippen molar-refractivity contribution in [2.75, 3.05) is 5.32 Å². The van der Waals surface area contributed by atoms with E-state index in [-0.39, 0.29) is 16.2 Å². The summed E-state index contributed by atoms with van der Waals surface area (Å²) >= 11 is 13.0. The van der Waals surface area contributed by atoms with Crippen LogP contribution in [0.2, 0.25) is 10.3 Å². The Hall–Kier alpha value is -1.24. The van der Waals surface area contributed by atoms with Gasteiger partial charge in [0, 0.05) is 12.0 Å². The third kappa shape index (κ3) is 4.62. The quantitative estimate of drug-likeness (QED) is 0.797. The van der Waals surface area contributed by atoms with E-state index < -0.39 is 0 Å². The Morgan fingerprint density at radius 3 is 2.57 bits per heavy atom. The predicted octanol–water partition coefficient (Wildman–Crippen LogP) is 4.62. The summed E-state index contributed by atoms with van der Waals surface area (Å²) in [6.45, 7) is 0. The van der Waals surface area contributed by atoms with Crippen molar-refractivity contribution < 1.29 is 4.79 Å². The molecule has 0 atom stereocenters. The number of hydrogen-bond acceptors (Lipinski definition) is 5. The van der Waals surface area contributed by atoms with Crippen molar-refractivity contribution in [2.45, 2.75) is 38.5 Å². The Kier molecular flexibility index (Phi) is 5.46. The first-order valence-corrected chi connectivity index (χ1v) is 9.14. The highest BCUT2D eigenvalue weighted by atomic mass is 35.5. The molecule has 1 saturated carbocycles. The van der Waals surface area contributed by atoms with E-state index in [0.717, 1.165) is 11.4 Å². The average molecular weight is 371 g/mol. The van der Waals surface area contributed by atoms with E-state index >= 15 is 0 Å². The number of pyridine rings is 1. The SMILES string of the molecule is O=C(Nc1nnc(CC2CCCCC2)s1)c1cc(Cl)nc(Cl)c1. The number of anilines is 1. The van der Waals surface area contributed by atoms with E-state index in [1.54, 1.807) is 0 Å². The summed E-state index contributed by atoms with van der Waals surface area (Å²) < 4.78 is 0. The minimum absolute atomic E-state index is 0.179. The molecule has 2 aromatic rings. The summed E-state index contributed by atoms with van der Waals surface area (Å²) in [6.07, 6.45) is 7.41. The molecular formula is C15H16Cl2N4OS. The van der Waals surface area contributed by atoms with Crippen LogP contribution in [0.15, 0.2) is 12.1 Å². The molecule has 0 radical (unpaired) electrons. The van der Waals surface area contributed by atoms with Crippen LogP contribution in [-0.4, -0.2) is 21.1 Å². The van der Waals surface area contributed by atoms with Crippen LogP contribution < -0.4 is 5.32 Å². The highest BCUT2D eigenvalue weighted by molar-refractivity contribution is 7.15. The molecule has 2 aromatic heterocycles. The predicted molar refractivity (Wildman–Crippen MR) is 92.4 cm³/mol. The summed E-state index contributed by atoms with van der Waals surface area (Å²) in [5, 5.41) is 12.8. The van der Waals surface area contributed by atoms with Crippen molar-refractivity contribution in [1.82, 2.24) is 15.2 Å². The van der Waals surface area contributed by atoms with E-state index in [2.05, 4.69) is 20.5 Å². The molecule has 1 fully saturated rings.